The Morgan fingerprint density at radius 2 is 1.82 bits per heavy atom. The van der Waals surface area contributed by atoms with Gasteiger partial charge in [0.05, 0.1) is 6.42 Å². The third-order valence-electron chi connectivity index (χ3n) is 1.26. The van der Waals surface area contributed by atoms with Gasteiger partial charge < -0.3 is 0 Å². The van der Waals surface area contributed by atoms with E-state index < -0.39 is 0 Å². The van der Waals surface area contributed by atoms with Gasteiger partial charge in [0.25, 0.3) is 0 Å². The molecule has 0 N–H and O–H groups in total. The first-order chi connectivity index (χ1) is 4.66. The predicted molar refractivity (Wildman–Crippen MR) is 39.8 cm³/mol. The van der Waals surface area contributed by atoms with E-state index in [-0.39, 0.29) is 39.1 Å². The first-order valence-electron chi connectivity index (χ1n) is 3.68. The molecule has 0 bridgehead atoms. The molecule has 0 saturated carbocycles. The summed E-state index contributed by atoms with van der Waals surface area (Å²) >= 11 is 0. The van der Waals surface area contributed by atoms with Crippen LogP contribution < -0.4 is 0 Å². The number of hydrogen-bond acceptors (Lipinski definition) is 2. The predicted octanol–water partition coefficient (Wildman–Crippen LogP) is 1.72. The summed E-state index contributed by atoms with van der Waals surface area (Å²) < 4.78 is 0. The fraction of sp³-hybridized carbons (Fsp3) is 0.750. The van der Waals surface area contributed by atoms with Gasteiger partial charge in [0.15, 0.2) is 0 Å². The van der Waals surface area contributed by atoms with Gasteiger partial charge in [0.1, 0.15) is 11.6 Å². The number of hydrogen-bond donors (Lipinski definition) is 0. The van der Waals surface area contributed by atoms with Gasteiger partial charge in [-0.2, -0.15) is 0 Å². The molecule has 2 nitrogen and oxygen atoms in total. The standard InChI is InChI=1S/C8H14O2.Pt/c1-3-4-5-8(10)6-7(2)9;/h3-6H2,1-2H3;. The van der Waals surface area contributed by atoms with Gasteiger partial charge in [-0.05, 0) is 13.3 Å². The molecule has 0 unspecified atom stereocenters. The second-order valence-electron chi connectivity index (χ2n) is 2.52. The summed E-state index contributed by atoms with van der Waals surface area (Å²) in [7, 11) is 0. The maximum Gasteiger partial charge on any atom is 0.140 e. The quantitative estimate of drug-likeness (QED) is 0.716. The van der Waals surface area contributed by atoms with Crippen LogP contribution in [0, 0.1) is 0 Å². The molecular formula is C8H14O2Pt. The molecule has 0 aliphatic rings. The zero-order valence-corrected chi connectivity index (χ0v) is 9.23. The molecule has 0 atom stereocenters. The van der Waals surface area contributed by atoms with E-state index in [0.717, 1.165) is 12.8 Å². The molecule has 0 saturated heterocycles. The van der Waals surface area contributed by atoms with Crippen molar-refractivity contribution in [2.75, 3.05) is 0 Å². The zero-order valence-electron chi connectivity index (χ0n) is 6.96. The number of ketones is 2. The van der Waals surface area contributed by atoms with Crippen molar-refractivity contribution < 1.29 is 30.7 Å². The Morgan fingerprint density at radius 3 is 2.18 bits per heavy atom. The van der Waals surface area contributed by atoms with Gasteiger partial charge in [0.2, 0.25) is 0 Å². The van der Waals surface area contributed by atoms with Crippen LogP contribution >= 0.6 is 0 Å². The smallest absolute Gasteiger partial charge is 0.140 e. The number of carbonyl (C=O) groups is 2. The minimum atomic E-state index is -0.0268. The minimum Gasteiger partial charge on any atom is -0.300 e. The molecule has 0 aliphatic carbocycles. The molecule has 0 rings (SSSR count). The summed E-state index contributed by atoms with van der Waals surface area (Å²) in [6, 6.07) is 0. The first-order valence-corrected chi connectivity index (χ1v) is 3.68. The Labute approximate surface area is 82.0 Å². The number of rotatable bonds is 5. The molecule has 0 aromatic carbocycles. The molecule has 0 radical (unpaired) electrons. The van der Waals surface area contributed by atoms with E-state index in [4.69, 9.17) is 0 Å². The summed E-state index contributed by atoms with van der Waals surface area (Å²) in [5, 5.41) is 0. The summed E-state index contributed by atoms with van der Waals surface area (Å²) in [6.45, 7) is 3.48. The van der Waals surface area contributed by atoms with Gasteiger partial charge in [0, 0.05) is 27.5 Å². The maximum absolute atomic E-state index is 10.8. The van der Waals surface area contributed by atoms with Crippen molar-refractivity contribution in [2.24, 2.45) is 0 Å². The van der Waals surface area contributed by atoms with Crippen molar-refractivity contribution in [2.45, 2.75) is 39.5 Å². The molecule has 0 spiro atoms. The Morgan fingerprint density at radius 1 is 1.27 bits per heavy atom. The van der Waals surface area contributed by atoms with Crippen LogP contribution in [0.3, 0.4) is 0 Å². The summed E-state index contributed by atoms with van der Waals surface area (Å²) in [4.78, 5) is 21.2. The largest absolute Gasteiger partial charge is 0.300 e. The molecular weight excluding hydrogens is 323 g/mol. The van der Waals surface area contributed by atoms with Crippen LogP contribution in [0.25, 0.3) is 0 Å². The average Bonchev–Trinajstić information content (AvgIpc) is 1.82. The van der Waals surface area contributed by atoms with Crippen molar-refractivity contribution in [3.63, 3.8) is 0 Å². The molecule has 0 amide bonds. The molecule has 0 fully saturated rings. The zero-order chi connectivity index (χ0) is 7.98. The fourth-order valence-electron chi connectivity index (χ4n) is 0.740. The van der Waals surface area contributed by atoms with Crippen LogP contribution in [0.15, 0.2) is 0 Å². The molecule has 0 heterocycles. The van der Waals surface area contributed by atoms with E-state index >= 15 is 0 Å². The second kappa shape index (κ2) is 8.13. The van der Waals surface area contributed by atoms with Gasteiger partial charge >= 0.3 is 0 Å². The van der Waals surface area contributed by atoms with E-state index in [1.165, 1.54) is 6.92 Å². The third kappa shape index (κ3) is 10.0. The number of Topliss-reactive ketones (excluding diaryl/α,β-unsaturated/α-hetero) is 2. The minimum absolute atomic E-state index is 0. The normalized spacial score (nSPS) is 8.55. The van der Waals surface area contributed by atoms with Crippen molar-refractivity contribution in [1.82, 2.24) is 0 Å². The average molecular weight is 337 g/mol. The van der Waals surface area contributed by atoms with Gasteiger partial charge in [-0.1, -0.05) is 13.3 Å². The topological polar surface area (TPSA) is 34.1 Å². The Kier molecular flexibility index (Phi) is 10.1. The Bertz CT molecular complexity index is 132. The Hall–Kier alpha value is 0.0283. The van der Waals surface area contributed by atoms with Crippen LogP contribution in [0.2, 0.25) is 0 Å². The van der Waals surface area contributed by atoms with Crippen LogP contribution in [0.1, 0.15) is 39.5 Å². The van der Waals surface area contributed by atoms with Crippen LogP contribution in [-0.4, -0.2) is 11.6 Å². The molecule has 11 heavy (non-hydrogen) atoms. The molecule has 0 aromatic heterocycles. The molecule has 0 aromatic rings. The van der Waals surface area contributed by atoms with Crippen LogP contribution in [-0.2, 0) is 30.7 Å². The van der Waals surface area contributed by atoms with Gasteiger partial charge in [-0.3, -0.25) is 9.59 Å². The van der Waals surface area contributed by atoms with Crippen molar-refractivity contribution >= 4 is 11.6 Å². The number of unbranched alkanes of at least 4 members (excludes halogenated alkanes) is 1. The monoisotopic (exact) mass is 337 g/mol. The van der Waals surface area contributed by atoms with Crippen molar-refractivity contribution in [3.8, 4) is 0 Å². The SMILES string of the molecule is CCCCC(=O)CC(C)=O.[Pt]. The van der Waals surface area contributed by atoms with E-state index in [2.05, 4.69) is 0 Å². The van der Waals surface area contributed by atoms with Crippen molar-refractivity contribution in [1.29, 1.82) is 0 Å². The van der Waals surface area contributed by atoms with Gasteiger partial charge in [-0.25, -0.2) is 0 Å². The van der Waals surface area contributed by atoms with Crippen LogP contribution in [0.5, 0.6) is 0 Å². The van der Waals surface area contributed by atoms with Crippen molar-refractivity contribution in [3.05, 3.63) is 0 Å². The Balaban J connectivity index is 0. The first kappa shape index (κ1) is 13.6. The summed E-state index contributed by atoms with van der Waals surface area (Å²) in [6.07, 6.45) is 2.62. The second-order valence-corrected chi connectivity index (χ2v) is 2.52. The van der Waals surface area contributed by atoms with E-state index in [1.54, 1.807) is 0 Å². The maximum atomic E-state index is 10.8. The molecule has 3 heteroatoms. The molecule has 0 aliphatic heterocycles. The van der Waals surface area contributed by atoms with E-state index in [0.29, 0.717) is 6.42 Å². The molecule has 68 valence electrons. The van der Waals surface area contributed by atoms with Crippen LogP contribution in [0.4, 0.5) is 0 Å². The van der Waals surface area contributed by atoms with E-state index in [1.807, 2.05) is 6.92 Å². The van der Waals surface area contributed by atoms with E-state index in [9.17, 15) is 9.59 Å². The summed E-state index contributed by atoms with van der Waals surface area (Å²) in [5.41, 5.74) is 0. The van der Waals surface area contributed by atoms with Gasteiger partial charge in [-0.15, -0.1) is 0 Å². The fourth-order valence-corrected chi connectivity index (χ4v) is 0.740. The number of carbonyl (C=O) groups excluding carboxylic acids is 2. The summed E-state index contributed by atoms with van der Waals surface area (Å²) in [5.74, 6) is 0.0513. The third-order valence-corrected chi connectivity index (χ3v) is 1.26.